The first-order valence-electron chi connectivity index (χ1n) is 6.76. The molecule has 0 aliphatic rings. The monoisotopic (exact) mass is 270 g/mol. The van der Waals surface area contributed by atoms with Crippen LogP contribution in [0.4, 0.5) is 0 Å². The maximum atomic E-state index is 9.47. The van der Waals surface area contributed by atoms with Crippen molar-refractivity contribution in [3.05, 3.63) is 48.2 Å². The van der Waals surface area contributed by atoms with Crippen LogP contribution in [0, 0.1) is 0 Å². The van der Waals surface area contributed by atoms with E-state index in [1.165, 1.54) is 0 Å². The summed E-state index contributed by atoms with van der Waals surface area (Å²) >= 11 is 0. The van der Waals surface area contributed by atoms with Gasteiger partial charge in [0.05, 0.1) is 13.2 Å². The van der Waals surface area contributed by atoms with Crippen molar-refractivity contribution in [2.24, 2.45) is 0 Å². The van der Waals surface area contributed by atoms with Crippen LogP contribution in [-0.2, 0) is 13.2 Å². The zero-order valence-electron chi connectivity index (χ0n) is 11.7. The van der Waals surface area contributed by atoms with Crippen LogP contribution in [0.1, 0.15) is 31.3 Å². The highest BCUT2D eigenvalue weighted by Gasteiger charge is 2.12. The van der Waals surface area contributed by atoms with E-state index >= 15 is 0 Å². The second-order valence-electron chi connectivity index (χ2n) is 5.17. The fraction of sp³-hybridized carbons (Fsp3) is 0.333. The van der Waals surface area contributed by atoms with Crippen molar-refractivity contribution in [1.82, 2.24) is 19.3 Å². The van der Waals surface area contributed by atoms with E-state index in [1.54, 1.807) is 6.33 Å². The fourth-order valence-electron chi connectivity index (χ4n) is 2.55. The van der Waals surface area contributed by atoms with Gasteiger partial charge in [-0.1, -0.05) is 18.2 Å². The summed E-state index contributed by atoms with van der Waals surface area (Å²) in [6.07, 6.45) is 3.58. The van der Waals surface area contributed by atoms with Crippen molar-refractivity contribution in [1.29, 1.82) is 0 Å². The first-order valence-corrected chi connectivity index (χ1v) is 6.76. The predicted molar refractivity (Wildman–Crippen MR) is 77.4 cm³/mol. The summed E-state index contributed by atoms with van der Waals surface area (Å²) in [5.41, 5.74) is 2.05. The van der Waals surface area contributed by atoms with Gasteiger partial charge in [0.15, 0.2) is 0 Å². The molecule has 0 radical (unpaired) electrons. The van der Waals surface area contributed by atoms with Gasteiger partial charge in [-0.2, -0.15) is 5.10 Å². The molecule has 0 bridgehead atoms. The molecule has 5 nitrogen and oxygen atoms in total. The van der Waals surface area contributed by atoms with Crippen LogP contribution in [-0.4, -0.2) is 24.4 Å². The SMILES string of the molecule is CC(C)n1ncnc1Cn1cc(CO)c2ccccc21. The van der Waals surface area contributed by atoms with Crippen LogP contribution >= 0.6 is 0 Å². The van der Waals surface area contributed by atoms with E-state index < -0.39 is 0 Å². The van der Waals surface area contributed by atoms with Gasteiger partial charge in [-0.25, -0.2) is 9.67 Å². The lowest BCUT2D eigenvalue weighted by molar-refractivity contribution is 0.283. The number of fused-ring (bicyclic) bond motifs is 1. The Hall–Kier alpha value is -2.14. The Morgan fingerprint density at radius 3 is 2.80 bits per heavy atom. The molecule has 3 aromatic rings. The van der Waals surface area contributed by atoms with Gasteiger partial charge in [0, 0.05) is 28.7 Å². The van der Waals surface area contributed by atoms with Gasteiger partial charge in [0.2, 0.25) is 0 Å². The third-order valence-electron chi connectivity index (χ3n) is 3.49. The molecule has 0 amide bonds. The Kier molecular flexibility index (Phi) is 3.28. The number of hydrogen-bond donors (Lipinski definition) is 1. The minimum atomic E-state index is 0.0460. The summed E-state index contributed by atoms with van der Waals surface area (Å²) in [4.78, 5) is 4.34. The second-order valence-corrected chi connectivity index (χ2v) is 5.17. The first kappa shape index (κ1) is 12.9. The van der Waals surface area contributed by atoms with E-state index in [0.717, 1.165) is 22.3 Å². The number of nitrogens with zero attached hydrogens (tertiary/aromatic N) is 4. The molecule has 0 aliphatic heterocycles. The number of aliphatic hydroxyl groups excluding tert-OH is 1. The number of aromatic nitrogens is 4. The van der Waals surface area contributed by atoms with Crippen molar-refractivity contribution >= 4 is 10.9 Å². The Morgan fingerprint density at radius 1 is 1.25 bits per heavy atom. The molecule has 0 atom stereocenters. The van der Waals surface area contributed by atoms with Gasteiger partial charge in [-0.15, -0.1) is 0 Å². The minimum Gasteiger partial charge on any atom is -0.392 e. The summed E-state index contributed by atoms with van der Waals surface area (Å²) < 4.78 is 4.04. The third kappa shape index (κ3) is 2.10. The number of hydrogen-bond acceptors (Lipinski definition) is 3. The maximum absolute atomic E-state index is 9.47. The van der Waals surface area contributed by atoms with Gasteiger partial charge in [0.25, 0.3) is 0 Å². The topological polar surface area (TPSA) is 55.9 Å². The lowest BCUT2D eigenvalue weighted by Crippen LogP contribution is -2.11. The lowest BCUT2D eigenvalue weighted by Gasteiger charge is -2.10. The molecule has 1 aromatic carbocycles. The molecule has 20 heavy (non-hydrogen) atoms. The largest absolute Gasteiger partial charge is 0.392 e. The second kappa shape index (κ2) is 5.09. The average molecular weight is 270 g/mol. The summed E-state index contributed by atoms with van der Waals surface area (Å²) in [5.74, 6) is 0.922. The van der Waals surface area contributed by atoms with Gasteiger partial charge >= 0.3 is 0 Å². The molecule has 2 heterocycles. The molecule has 0 saturated carbocycles. The van der Waals surface area contributed by atoms with Crippen LogP contribution in [0.15, 0.2) is 36.8 Å². The van der Waals surface area contributed by atoms with Crippen molar-refractivity contribution in [3.8, 4) is 0 Å². The number of aliphatic hydroxyl groups is 1. The van der Waals surface area contributed by atoms with Crippen LogP contribution in [0.2, 0.25) is 0 Å². The van der Waals surface area contributed by atoms with E-state index in [-0.39, 0.29) is 12.6 Å². The summed E-state index contributed by atoms with van der Waals surface area (Å²) in [6.45, 7) is 4.87. The van der Waals surface area contributed by atoms with Crippen molar-refractivity contribution < 1.29 is 5.11 Å². The lowest BCUT2D eigenvalue weighted by atomic mass is 10.2. The Bertz CT molecular complexity index is 726. The number of para-hydroxylation sites is 1. The fourth-order valence-corrected chi connectivity index (χ4v) is 2.55. The maximum Gasteiger partial charge on any atom is 0.147 e. The highest BCUT2D eigenvalue weighted by atomic mass is 16.3. The van der Waals surface area contributed by atoms with Gasteiger partial charge in [-0.3, -0.25) is 0 Å². The van der Waals surface area contributed by atoms with Crippen LogP contribution in [0.25, 0.3) is 10.9 Å². The average Bonchev–Trinajstić information content (AvgIpc) is 3.04. The molecule has 1 N–H and O–H groups in total. The summed E-state index contributed by atoms with van der Waals surface area (Å²) in [7, 11) is 0. The molecular weight excluding hydrogens is 252 g/mol. The summed E-state index contributed by atoms with van der Waals surface area (Å²) in [6, 6.07) is 8.37. The van der Waals surface area contributed by atoms with Crippen molar-refractivity contribution in [2.45, 2.75) is 33.0 Å². The molecular formula is C15H18N4O. The Labute approximate surface area is 117 Å². The molecule has 2 aromatic heterocycles. The molecule has 0 aliphatic carbocycles. The summed E-state index contributed by atoms with van der Waals surface area (Å²) in [5, 5.41) is 14.8. The standard InChI is InChI=1S/C15H18N4O/c1-11(2)19-15(16-10-17-19)8-18-7-12(9-20)13-5-3-4-6-14(13)18/h3-7,10-11,20H,8-9H2,1-2H3. The molecule has 0 saturated heterocycles. The molecule has 3 rings (SSSR count). The van der Waals surface area contributed by atoms with E-state index in [1.807, 2.05) is 29.1 Å². The van der Waals surface area contributed by atoms with E-state index in [0.29, 0.717) is 6.54 Å². The highest BCUT2D eigenvalue weighted by Crippen LogP contribution is 2.22. The quantitative estimate of drug-likeness (QED) is 0.791. The zero-order valence-corrected chi connectivity index (χ0v) is 11.7. The molecule has 104 valence electrons. The number of benzene rings is 1. The van der Waals surface area contributed by atoms with Gasteiger partial charge in [-0.05, 0) is 19.9 Å². The molecule has 0 spiro atoms. The zero-order chi connectivity index (χ0) is 14.1. The van der Waals surface area contributed by atoms with E-state index in [4.69, 9.17) is 0 Å². The van der Waals surface area contributed by atoms with Gasteiger partial charge in [0.1, 0.15) is 12.2 Å². The Morgan fingerprint density at radius 2 is 2.05 bits per heavy atom. The van der Waals surface area contributed by atoms with Crippen LogP contribution in [0.5, 0.6) is 0 Å². The van der Waals surface area contributed by atoms with Crippen LogP contribution in [0.3, 0.4) is 0 Å². The molecule has 0 fully saturated rings. The van der Waals surface area contributed by atoms with Gasteiger partial charge < -0.3 is 9.67 Å². The first-order chi connectivity index (χ1) is 9.70. The number of rotatable bonds is 4. The van der Waals surface area contributed by atoms with Crippen LogP contribution < -0.4 is 0 Å². The third-order valence-corrected chi connectivity index (χ3v) is 3.49. The van der Waals surface area contributed by atoms with Crippen molar-refractivity contribution in [3.63, 3.8) is 0 Å². The minimum absolute atomic E-state index is 0.0460. The van der Waals surface area contributed by atoms with E-state index in [2.05, 4.69) is 34.6 Å². The molecule has 0 unspecified atom stereocenters. The smallest absolute Gasteiger partial charge is 0.147 e. The normalized spacial score (nSPS) is 11.6. The van der Waals surface area contributed by atoms with Crippen molar-refractivity contribution in [2.75, 3.05) is 0 Å². The Balaban J connectivity index is 2.05. The highest BCUT2D eigenvalue weighted by molar-refractivity contribution is 5.83. The predicted octanol–water partition coefficient (Wildman–Crippen LogP) is 2.35. The van der Waals surface area contributed by atoms with E-state index in [9.17, 15) is 5.11 Å². The molecule has 5 heteroatoms.